The zero-order valence-electron chi connectivity index (χ0n) is 16.4. The average Bonchev–Trinajstić information content (AvgIpc) is 2.91. The van der Waals surface area contributed by atoms with E-state index < -0.39 is 0 Å². The number of nitrogens with zero attached hydrogens (tertiary/aromatic N) is 4. The number of carbonyl (C=O) groups excluding carboxylic acids is 1. The van der Waals surface area contributed by atoms with Crippen LogP contribution in [0.25, 0.3) is 0 Å². The van der Waals surface area contributed by atoms with Crippen LogP contribution in [0.1, 0.15) is 44.2 Å². The fourth-order valence-corrected chi connectivity index (χ4v) is 4.45. The summed E-state index contributed by atoms with van der Waals surface area (Å²) in [5.41, 5.74) is 0.783. The Labute approximate surface area is 164 Å². The molecule has 2 aromatic rings. The summed E-state index contributed by atoms with van der Waals surface area (Å²) >= 11 is 0. The van der Waals surface area contributed by atoms with E-state index in [0.717, 1.165) is 24.8 Å². The van der Waals surface area contributed by atoms with Gasteiger partial charge in [-0.1, -0.05) is 30.3 Å². The van der Waals surface area contributed by atoms with Crippen LogP contribution in [-0.2, 0) is 4.79 Å². The molecule has 148 valence electrons. The molecule has 1 N–H and O–H groups in total. The molecule has 8 nitrogen and oxygen atoms in total. The zero-order chi connectivity index (χ0) is 19.7. The Morgan fingerprint density at radius 2 is 1.79 bits per heavy atom. The van der Waals surface area contributed by atoms with Gasteiger partial charge in [0.05, 0.1) is 31.8 Å². The van der Waals surface area contributed by atoms with E-state index in [0.29, 0.717) is 12.4 Å². The number of hydrogen-bond donors (Lipinski definition) is 1. The first-order valence-electron chi connectivity index (χ1n) is 9.52. The van der Waals surface area contributed by atoms with Gasteiger partial charge in [-0.05, 0) is 31.7 Å². The van der Waals surface area contributed by atoms with Crippen LogP contribution in [0.4, 0.5) is 5.95 Å². The van der Waals surface area contributed by atoms with E-state index in [2.05, 4.69) is 44.2 Å². The molecule has 3 atom stereocenters. The topological polar surface area (TPSA) is 89.5 Å². The molecule has 0 saturated carbocycles. The number of nitrogens with one attached hydrogen (secondary N) is 1. The third-order valence-electron chi connectivity index (χ3n) is 5.69. The summed E-state index contributed by atoms with van der Waals surface area (Å²) in [5.74, 6) is 0.604. The van der Waals surface area contributed by atoms with Gasteiger partial charge >= 0.3 is 12.0 Å². The quantitative estimate of drug-likeness (QED) is 0.866. The second-order valence-electron chi connectivity index (χ2n) is 7.52. The van der Waals surface area contributed by atoms with Crippen molar-refractivity contribution in [3.8, 4) is 12.0 Å². The molecule has 2 saturated heterocycles. The second-order valence-corrected chi connectivity index (χ2v) is 7.52. The van der Waals surface area contributed by atoms with Gasteiger partial charge < -0.3 is 19.7 Å². The molecular weight excluding hydrogens is 358 g/mol. The first-order valence-corrected chi connectivity index (χ1v) is 9.52. The van der Waals surface area contributed by atoms with Crippen molar-refractivity contribution in [2.24, 2.45) is 0 Å². The fourth-order valence-electron chi connectivity index (χ4n) is 4.45. The van der Waals surface area contributed by atoms with Gasteiger partial charge in [-0.3, -0.25) is 4.79 Å². The van der Waals surface area contributed by atoms with Crippen molar-refractivity contribution in [3.63, 3.8) is 0 Å². The van der Waals surface area contributed by atoms with Gasteiger partial charge in [-0.25, -0.2) is 0 Å². The molecule has 28 heavy (non-hydrogen) atoms. The molecule has 0 spiro atoms. The summed E-state index contributed by atoms with van der Waals surface area (Å²) in [6, 6.07) is 10.7. The van der Waals surface area contributed by atoms with Crippen LogP contribution in [0.3, 0.4) is 0 Å². The zero-order valence-corrected chi connectivity index (χ0v) is 16.4. The lowest BCUT2D eigenvalue weighted by atomic mass is 9.88. The van der Waals surface area contributed by atoms with Gasteiger partial charge in [-0.15, -0.1) is 4.98 Å². The molecule has 1 aromatic carbocycles. The largest absolute Gasteiger partial charge is 0.467 e. The van der Waals surface area contributed by atoms with Gasteiger partial charge in [-0.2, -0.15) is 9.97 Å². The molecular formula is C20H25N5O3. The van der Waals surface area contributed by atoms with Crippen molar-refractivity contribution in [1.29, 1.82) is 0 Å². The van der Waals surface area contributed by atoms with Gasteiger partial charge in [0.15, 0.2) is 0 Å². The molecule has 0 aliphatic carbocycles. The summed E-state index contributed by atoms with van der Waals surface area (Å²) in [6.07, 6.45) is 3.00. The molecule has 0 radical (unpaired) electrons. The van der Waals surface area contributed by atoms with E-state index in [9.17, 15) is 4.79 Å². The van der Waals surface area contributed by atoms with Crippen LogP contribution in [0.15, 0.2) is 30.3 Å². The summed E-state index contributed by atoms with van der Waals surface area (Å²) in [5, 5.41) is 3.26. The van der Waals surface area contributed by atoms with Crippen LogP contribution in [0.2, 0.25) is 0 Å². The number of hydrogen-bond acceptors (Lipinski definition) is 7. The summed E-state index contributed by atoms with van der Waals surface area (Å²) < 4.78 is 10.5. The summed E-state index contributed by atoms with van der Waals surface area (Å²) in [7, 11) is 3.04. The lowest BCUT2D eigenvalue weighted by Gasteiger charge is -2.35. The van der Waals surface area contributed by atoms with Crippen molar-refractivity contribution in [2.45, 2.75) is 50.2 Å². The highest BCUT2D eigenvalue weighted by Crippen LogP contribution is 2.47. The minimum atomic E-state index is -0.374. The Bertz CT molecular complexity index is 840. The number of ether oxygens (including phenoxy) is 2. The van der Waals surface area contributed by atoms with Gasteiger partial charge in [0.1, 0.15) is 0 Å². The highest BCUT2D eigenvalue weighted by atomic mass is 16.5. The highest BCUT2D eigenvalue weighted by molar-refractivity contribution is 5.77. The predicted molar refractivity (Wildman–Crippen MR) is 103 cm³/mol. The summed E-state index contributed by atoms with van der Waals surface area (Å²) in [6.45, 7) is 2.12. The van der Waals surface area contributed by atoms with Crippen molar-refractivity contribution < 1.29 is 14.3 Å². The molecule has 1 amide bonds. The SMILES string of the molecule is COc1nc(OC)nc(N2[C@H]3CCCC(=O)N[C@@]3(C)C[C@H]2c2ccccc2)n1. The monoisotopic (exact) mass is 383 g/mol. The smallest absolute Gasteiger partial charge is 0.324 e. The molecule has 0 unspecified atom stereocenters. The number of amides is 1. The molecule has 2 aliphatic heterocycles. The maximum atomic E-state index is 12.3. The number of benzene rings is 1. The van der Waals surface area contributed by atoms with E-state index in [1.54, 1.807) is 0 Å². The molecule has 2 fully saturated rings. The van der Waals surface area contributed by atoms with Crippen molar-refractivity contribution >= 4 is 11.9 Å². The first kappa shape index (κ1) is 18.5. The third kappa shape index (κ3) is 3.23. The lowest BCUT2D eigenvalue weighted by Crippen LogP contribution is -2.53. The Hall–Kier alpha value is -2.90. The third-order valence-corrected chi connectivity index (χ3v) is 5.69. The Kier molecular flexibility index (Phi) is 4.78. The second kappa shape index (κ2) is 7.26. The van der Waals surface area contributed by atoms with Crippen molar-refractivity contribution in [3.05, 3.63) is 35.9 Å². The standard InChI is InChI=1S/C20H25N5O3/c1-20-12-14(13-8-5-4-6-9-13)25(15(20)10-7-11-16(26)24-20)17-21-18(27-2)23-19(22-17)28-3/h4-6,8-9,14-15H,7,10-12H2,1-3H3,(H,24,26)/t14-,15-,20-/m0/s1. The normalized spacial score (nSPS) is 27.0. The molecule has 3 heterocycles. The first-order chi connectivity index (χ1) is 13.5. The van der Waals surface area contributed by atoms with Crippen LogP contribution in [-0.4, -0.2) is 46.7 Å². The number of rotatable bonds is 4. The fraction of sp³-hybridized carbons (Fsp3) is 0.500. The number of methoxy groups -OCH3 is 2. The van der Waals surface area contributed by atoms with Gasteiger partial charge in [0.2, 0.25) is 11.9 Å². The maximum Gasteiger partial charge on any atom is 0.324 e. The van der Waals surface area contributed by atoms with Crippen molar-refractivity contribution in [1.82, 2.24) is 20.3 Å². The Morgan fingerprint density at radius 3 is 2.43 bits per heavy atom. The number of aromatic nitrogens is 3. The molecule has 4 rings (SSSR count). The van der Waals surface area contributed by atoms with Crippen LogP contribution in [0.5, 0.6) is 12.0 Å². The molecule has 8 heteroatoms. The summed E-state index contributed by atoms with van der Waals surface area (Å²) in [4.78, 5) is 27.7. The highest BCUT2D eigenvalue weighted by Gasteiger charge is 2.52. The number of carbonyl (C=O) groups is 1. The van der Waals surface area contributed by atoms with E-state index in [1.807, 2.05) is 18.2 Å². The Morgan fingerprint density at radius 1 is 1.11 bits per heavy atom. The molecule has 1 aromatic heterocycles. The van der Waals surface area contributed by atoms with Crippen molar-refractivity contribution in [2.75, 3.05) is 19.1 Å². The lowest BCUT2D eigenvalue weighted by molar-refractivity contribution is -0.122. The van der Waals surface area contributed by atoms with E-state index in [-0.39, 0.29) is 35.6 Å². The number of anilines is 1. The molecule has 0 bridgehead atoms. The maximum absolute atomic E-state index is 12.3. The Balaban J connectivity index is 1.83. The van der Waals surface area contributed by atoms with E-state index >= 15 is 0 Å². The number of fused-ring (bicyclic) bond motifs is 1. The van der Waals surface area contributed by atoms with Gasteiger partial charge in [0.25, 0.3) is 0 Å². The minimum absolute atomic E-state index is 0.0198. The average molecular weight is 383 g/mol. The van der Waals surface area contributed by atoms with Gasteiger partial charge in [0, 0.05) is 6.42 Å². The van der Waals surface area contributed by atoms with Crippen LogP contribution >= 0.6 is 0 Å². The van der Waals surface area contributed by atoms with E-state index in [1.165, 1.54) is 14.2 Å². The van der Waals surface area contributed by atoms with Crippen LogP contribution in [0, 0.1) is 0 Å². The molecule has 2 aliphatic rings. The predicted octanol–water partition coefficient (Wildman–Crippen LogP) is 2.27. The minimum Gasteiger partial charge on any atom is -0.467 e. The van der Waals surface area contributed by atoms with E-state index in [4.69, 9.17) is 9.47 Å². The van der Waals surface area contributed by atoms with Crippen LogP contribution < -0.4 is 19.7 Å².